The average molecular weight is 166 g/mol. The first-order valence-electron chi connectivity index (χ1n) is 4.38. The zero-order valence-electron chi connectivity index (χ0n) is 7.01. The van der Waals surface area contributed by atoms with Crippen LogP contribution >= 0.6 is 0 Å². The van der Waals surface area contributed by atoms with E-state index in [1.165, 1.54) is 0 Å². The highest BCUT2D eigenvalue weighted by molar-refractivity contribution is 5.18. The summed E-state index contributed by atoms with van der Waals surface area (Å²) in [5.41, 5.74) is 0.426. The zero-order chi connectivity index (χ0) is 8.44. The normalized spacial score (nSPS) is 22.4. The van der Waals surface area contributed by atoms with Gasteiger partial charge in [-0.25, -0.2) is 0 Å². The molecule has 2 heterocycles. The Morgan fingerprint density at radius 2 is 2.08 bits per heavy atom. The van der Waals surface area contributed by atoms with Crippen molar-refractivity contribution < 1.29 is 5.11 Å². The third-order valence-corrected chi connectivity index (χ3v) is 2.57. The molecule has 0 saturated carbocycles. The summed E-state index contributed by atoms with van der Waals surface area (Å²) in [7, 11) is 0. The van der Waals surface area contributed by atoms with E-state index in [1.54, 1.807) is 0 Å². The second kappa shape index (κ2) is 2.92. The van der Waals surface area contributed by atoms with Gasteiger partial charge in [-0.3, -0.25) is 0 Å². The SMILES string of the molecule is OC1(c2cc[nH]c2)CCNCC1. The van der Waals surface area contributed by atoms with Gasteiger partial charge in [-0.1, -0.05) is 0 Å². The standard InChI is InChI=1S/C9H14N2O/c12-9(2-5-10-6-3-9)8-1-4-11-7-8/h1,4,7,10-12H,2-3,5-6H2. The van der Waals surface area contributed by atoms with Gasteiger partial charge in [-0.05, 0) is 32.0 Å². The van der Waals surface area contributed by atoms with Gasteiger partial charge in [0, 0.05) is 18.0 Å². The van der Waals surface area contributed by atoms with Gasteiger partial charge in [0.1, 0.15) is 0 Å². The molecular weight excluding hydrogens is 152 g/mol. The van der Waals surface area contributed by atoms with E-state index < -0.39 is 5.60 Å². The summed E-state index contributed by atoms with van der Waals surface area (Å²) in [5, 5.41) is 13.4. The molecule has 1 aliphatic heterocycles. The molecule has 0 unspecified atom stereocenters. The molecule has 0 bridgehead atoms. The highest BCUT2D eigenvalue weighted by Crippen LogP contribution is 2.29. The van der Waals surface area contributed by atoms with Gasteiger partial charge in [0.15, 0.2) is 0 Å². The molecule has 0 radical (unpaired) electrons. The first-order valence-corrected chi connectivity index (χ1v) is 4.38. The monoisotopic (exact) mass is 166 g/mol. The Balaban J connectivity index is 2.19. The van der Waals surface area contributed by atoms with Crippen molar-refractivity contribution in [2.24, 2.45) is 0 Å². The fourth-order valence-corrected chi connectivity index (χ4v) is 1.74. The molecular formula is C9H14N2O. The minimum atomic E-state index is -0.592. The van der Waals surface area contributed by atoms with E-state index in [9.17, 15) is 5.11 Å². The van der Waals surface area contributed by atoms with Crippen LogP contribution in [0, 0.1) is 0 Å². The Hall–Kier alpha value is -0.800. The van der Waals surface area contributed by atoms with E-state index in [1.807, 2.05) is 18.5 Å². The van der Waals surface area contributed by atoms with Crippen LogP contribution < -0.4 is 5.32 Å². The summed E-state index contributed by atoms with van der Waals surface area (Å²) in [4.78, 5) is 2.97. The number of rotatable bonds is 1. The van der Waals surface area contributed by atoms with Crippen LogP contribution in [0.1, 0.15) is 18.4 Å². The zero-order valence-corrected chi connectivity index (χ0v) is 7.01. The molecule has 66 valence electrons. The number of hydrogen-bond acceptors (Lipinski definition) is 2. The maximum atomic E-state index is 10.2. The van der Waals surface area contributed by atoms with E-state index in [0.717, 1.165) is 31.5 Å². The summed E-state index contributed by atoms with van der Waals surface area (Å²) in [5.74, 6) is 0. The molecule has 12 heavy (non-hydrogen) atoms. The summed E-state index contributed by atoms with van der Waals surface area (Å²) < 4.78 is 0. The van der Waals surface area contributed by atoms with Crippen LogP contribution in [0.2, 0.25) is 0 Å². The predicted molar refractivity (Wildman–Crippen MR) is 46.8 cm³/mol. The number of piperidine rings is 1. The first-order chi connectivity index (χ1) is 5.81. The number of aromatic nitrogens is 1. The molecule has 3 heteroatoms. The van der Waals surface area contributed by atoms with Gasteiger partial charge < -0.3 is 15.4 Å². The molecule has 1 aromatic heterocycles. The van der Waals surface area contributed by atoms with Crippen LogP contribution in [-0.2, 0) is 5.60 Å². The maximum absolute atomic E-state index is 10.2. The topological polar surface area (TPSA) is 48.0 Å². The summed E-state index contributed by atoms with van der Waals surface area (Å²) in [6.07, 6.45) is 5.36. The van der Waals surface area contributed by atoms with Crippen molar-refractivity contribution in [2.75, 3.05) is 13.1 Å². The van der Waals surface area contributed by atoms with Crippen molar-refractivity contribution in [3.05, 3.63) is 24.0 Å². The molecule has 0 amide bonds. The lowest BCUT2D eigenvalue weighted by molar-refractivity contribution is 0.00607. The molecule has 0 atom stereocenters. The lowest BCUT2D eigenvalue weighted by Crippen LogP contribution is -2.39. The molecule has 0 aliphatic carbocycles. The number of aliphatic hydroxyl groups is 1. The highest BCUT2D eigenvalue weighted by atomic mass is 16.3. The van der Waals surface area contributed by atoms with Crippen LogP contribution in [0.5, 0.6) is 0 Å². The van der Waals surface area contributed by atoms with Crippen molar-refractivity contribution in [3.8, 4) is 0 Å². The third kappa shape index (κ3) is 1.26. The van der Waals surface area contributed by atoms with Crippen LogP contribution in [0.25, 0.3) is 0 Å². The molecule has 0 aromatic carbocycles. The third-order valence-electron chi connectivity index (χ3n) is 2.57. The highest BCUT2D eigenvalue weighted by Gasteiger charge is 2.30. The van der Waals surface area contributed by atoms with E-state index in [4.69, 9.17) is 0 Å². The Morgan fingerprint density at radius 1 is 1.33 bits per heavy atom. The number of aromatic amines is 1. The van der Waals surface area contributed by atoms with Crippen LogP contribution in [0.15, 0.2) is 18.5 Å². The smallest absolute Gasteiger partial charge is 0.0935 e. The lowest BCUT2D eigenvalue weighted by Gasteiger charge is -2.31. The Kier molecular flexibility index (Phi) is 1.90. The van der Waals surface area contributed by atoms with E-state index in [0.29, 0.717) is 0 Å². The minimum absolute atomic E-state index is 0.592. The van der Waals surface area contributed by atoms with Crippen molar-refractivity contribution in [1.29, 1.82) is 0 Å². The second-order valence-electron chi connectivity index (χ2n) is 3.38. The number of hydrogen-bond donors (Lipinski definition) is 3. The Morgan fingerprint density at radius 3 is 2.67 bits per heavy atom. The average Bonchev–Trinajstić information content (AvgIpc) is 2.58. The number of H-pyrrole nitrogens is 1. The molecule has 0 spiro atoms. The van der Waals surface area contributed by atoms with Crippen molar-refractivity contribution in [2.45, 2.75) is 18.4 Å². The van der Waals surface area contributed by atoms with Crippen LogP contribution in [0.3, 0.4) is 0 Å². The quantitative estimate of drug-likeness (QED) is 0.571. The van der Waals surface area contributed by atoms with E-state index >= 15 is 0 Å². The van der Waals surface area contributed by atoms with Crippen molar-refractivity contribution in [3.63, 3.8) is 0 Å². The molecule has 1 fully saturated rings. The molecule has 1 saturated heterocycles. The van der Waals surface area contributed by atoms with Gasteiger partial charge in [-0.15, -0.1) is 0 Å². The van der Waals surface area contributed by atoms with E-state index in [2.05, 4.69) is 10.3 Å². The summed E-state index contributed by atoms with van der Waals surface area (Å²) in [6.45, 7) is 1.81. The fraction of sp³-hybridized carbons (Fsp3) is 0.556. The summed E-state index contributed by atoms with van der Waals surface area (Å²) in [6, 6.07) is 1.95. The fourth-order valence-electron chi connectivity index (χ4n) is 1.74. The van der Waals surface area contributed by atoms with Gasteiger partial charge in [0.25, 0.3) is 0 Å². The largest absolute Gasteiger partial charge is 0.385 e. The lowest BCUT2D eigenvalue weighted by atomic mass is 9.87. The second-order valence-corrected chi connectivity index (χ2v) is 3.38. The maximum Gasteiger partial charge on any atom is 0.0935 e. The van der Waals surface area contributed by atoms with Crippen molar-refractivity contribution >= 4 is 0 Å². The minimum Gasteiger partial charge on any atom is -0.385 e. The predicted octanol–water partition coefficient (Wildman–Crippen LogP) is 0.586. The van der Waals surface area contributed by atoms with Crippen LogP contribution in [-0.4, -0.2) is 23.2 Å². The Labute approximate surface area is 71.8 Å². The molecule has 3 nitrogen and oxygen atoms in total. The van der Waals surface area contributed by atoms with Crippen molar-refractivity contribution in [1.82, 2.24) is 10.3 Å². The molecule has 3 N–H and O–H groups in total. The van der Waals surface area contributed by atoms with Gasteiger partial charge in [-0.2, -0.15) is 0 Å². The van der Waals surface area contributed by atoms with Gasteiger partial charge >= 0.3 is 0 Å². The Bertz CT molecular complexity index is 237. The molecule has 1 aliphatic rings. The van der Waals surface area contributed by atoms with Crippen LogP contribution in [0.4, 0.5) is 0 Å². The van der Waals surface area contributed by atoms with Gasteiger partial charge in [0.05, 0.1) is 5.60 Å². The summed E-state index contributed by atoms with van der Waals surface area (Å²) >= 11 is 0. The van der Waals surface area contributed by atoms with E-state index in [-0.39, 0.29) is 0 Å². The molecule has 1 aromatic rings. The molecule has 2 rings (SSSR count). The first kappa shape index (κ1) is 7.83. The van der Waals surface area contributed by atoms with Gasteiger partial charge in [0.2, 0.25) is 0 Å². The number of nitrogens with one attached hydrogen (secondary N) is 2.